The van der Waals surface area contributed by atoms with Gasteiger partial charge in [0.15, 0.2) is 35.1 Å². The van der Waals surface area contributed by atoms with Crippen LogP contribution in [0, 0.1) is 0 Å². The van der Waals surface area contributed by atoms with E-state index in [1.54, 1.807) is 18.9 Å². The second kappa shape index (κ2) is 19.4. The monoisotopic (exact) mass is 729 g/mol. The molecule has 4 atom stereocenters. The Labute approximate surface area is 312 Å². The second-order valence-corrected chi connectivity index (χ2v) is 13.5. The quantitative estimate of drug-likeness (QED) is 0.0956. The van der Waals surface area contributed by atoms with Gasteiger partial charge in [0.1, 0.15) is 12.2 Å². The normalized spacial score (nSPS) is 18.5. The molecule has 1 fully saturated rings. The van der Waals surface area contributed by atoms with Gasteiger partial charge >= 0.3 is 6.03 Å². The Bertz CT molecular complexity index is 1690. The highest BCUT2D eigenvalue weighted by molar-refractivity contribution is 5.84. The van der Waals surface area contributed by atoms with Crippen molar-refractivity contribution in [2.45, 2.75) is 83.5 Å². The minimum absolute atomic E-state index is 0.0212. The van der Waals surface area contributed by atoms with Crippen molar-refractivity contribution in [2.24, 2.45) is 0 Å². The van der Waals surface area contributed by atoms with Crippen molar-refractivity contribution in [1.82, 2.24) is 40.0 Å². The third-order valence-electron chi connectivity index (χ3n) is 9.62. The van der Waals surface area contributed by atoms with E-state index >= 15 is 0 Å². The highest BCUT2D eigenvalue weighted by atomic mass is 16.6. The molecule has 0 radical (unpaired) electrons. The van der Waals surface area contributed by atoms with E-state index in [1.807, 2.05) is 36.4 Å². The molecular formula is C39H55N9O5. The number of likely N-dealkylation sites (N-methyl/N-ethyl adjacent to an activating group) is 2. The van der Waals surface area contributed by atoms with E-state index in [9.17, 15) is 19.8 Å². The molecule has 3 heterocycles. The first kappa shape index (κ1) is 39.6. The number of amides is 3. The molecule has 1 aliphatic rings. The average Bonchev–Trinajstić information content (AvgIpc) is 3.73. The maximum absolute atomic E-state index is 13.3. The first-order chi connectivity index (χ1) is 25.7. The summed E-state index contributed by atoms with van der Waals surface area (Å²) >= 11 is 0. The summed E-state index contributed by atoms with van der Waals surface area (Å²) in [4.78, 5) is 44.2. The van der Waals surface area contributed by atoms with Crippen LogP contribution >= 0.6 is 0 Å². The van der Waals surface area contributed by atoms with Crippen LogP contribution in [0.5, 0.6) is 0 Å². The Kier molecular flexibility index (Phi) is 14.5. The molecule has 1 aliphatic heterocycles. The van der Waals surface area contributed by atoms with E-state index in [0.29, 0.717) is 42.4 Å². The molecule has 14 heteroatoms. The number of carbonyl (C=O) groups excluding carboxylic acids is 2. The number of rotatable bonds is 19. The number of nitrogens with zero attached hydrogens (tertiary/aromatic N) is 6. The maximum Gasteiger partial charge on any atom is 0.317 e. The number of nitrogens with one attached hydrogen (secondary N) is 3. The standard InChI is InChI=1S/C39H55N9O5/c1-5-8-20-47(21-9-6-2)23-22-46(4)39(52)42-25-30-44-35(41-24-29(27-16-12-10-13-17-27)28-18-14-11-15-19-28)31-36(45-30)48(26-43-31)38-33(50)32(49)34(53-38)37(51)40-7-3/h10-19,26,29,32-34,38,49-50H,5-9,20-25H2,1-4H3,(H,40,51)(H,42,52)(H,41,44,45)/t32-,33+,34-,38+/m0/s1. The summed E-state index contributed by atoms with van der Waals surface area (Å²) in [5.41, 5.74) is 2.95. The fraction of sp³-hybridized carbons (Fsp3) is 0.513. The fourth-order valence-electron chi connectivity index (χ4n) is 6.51. The largest absolute Gasteiger partial charge is 0.387 e. The lowest BCUT2D eigenvalue weighted by atomic mass is 9.91. The third kappa shape index (κ3) is 10.1. The van der Waals surface area contributed by atoms with Crippen LogP contribution in [0.3, 0.4) is 0 Å². The van der Waals surface area contributed by atoms with Crippen molar-refractivity contribution in [3.05, 3.63) is 83.9 Å². The summed E-state index contributed by atoms with van der Waals surface area (Å²) in [6.45, 7) is 10.4. The molecule has 5 rings (SSSR count). The smallest absolute Gasteiger partial charge is 0.317 e. The van der Waals surface area contributed by atoms with Crippen LogP contribution in [0.25, 0.3) is 11.2 Å². The number of ether oxygens (including phenoxy) is 1. The molecule has 3 amide bonds. The molecule has 4 aromatic rings. The zero-order valence-electron chi connectivity index (χ0n) is 31.3. The molecular weight excluding hydrogens is 674 g/mol. The lowest BCUT2D eigenvalue weighted by Crippen LogP contribution is -2.42. The van der Waals surface area contributed by atoms with Crippen LogP contribution in [-0.2, 0) is 16.1 Å². The van der Waals surface area contributed by atoms with Crippen molar-refractivity contribution in [2.75, 3.05) is 51.6 Å². The number of unbranched alkanes of at least 4 members (excludes halogenated alkanes) is 2. The Morgan fingerprint density at radius 1 is 0.868 bits per heavy atom. The van der Waals surface area contributed by atoms with Gasteiger partial charge < -0.3 is 40.7 Å². The van der Waals surface area contributed by atoms with Crippen molar-refractivity contribution in [1.29, 1.82) is 0 Å². The molecule has 1 saturated heterocycles. The number of hydrogen-bond acceptors (Lipinski definition) is 10. The topological polar surface area (TPSA) is 170 Å². The summed E-state index contributed by atoms with van der Waals surface area (Å²) in [7, 11) is 1.78. The molecule has 286 valence electrons. The molecule has 0 spiro atoms. The van der Waals surface area contributed by atoms with E-state index in [1.165, 1.54) is 10.9 Å². The van der Waals surface area contributed by atoms with Crippen LogP contribution in [0.4, 0.5) is 10.6 Å². The van der Waals surface area contributed by atoms with Gasteiger partial charge in [-0.1, -0.05) is 87.4 Å². The first-order valence-electron chi connectivity index (χ1n) is 18.8. The van der Waals surface area contributed by atoms with Gasteiger partial charge in [-0.15, -0.1) is 0 Å². The lowest BCUT2D eigenvalue weighted by molar-refractivity contribution is -0.137. The highest BCUT2D eigenvalue weighted by Gasteiger charge is 2.47. The number of aliphatic hydroxyl groups is 2. The van der Waals surface area contributed by atoms with Crippen molar-refractivity contribution >= 4 is 28.9 Å². The van der Waals surface area contributed by atoms with Crippen LogP contribution in [0.2, 0.25) is 0 Å². The number of benzene rings is 2. The average molecular weight is 730 g/mol. The number of carbonyl (C=O) groups is 2. The van der Waals surface area contributed by atoms with Gasteiger partial charge in [0, 0.05) is 39.1 Å². The predicted molar refractivity (Wildman–Crippen MR) is 204 cm³/mol. The van der Waals surface area contributed by atoms with Gasteiger partial charge in [0.2, 0.25) is 0 Å². The maximum atomic E-state index is 13.3. The van der Waals surface area contributed by atoms with E-state index in [2.05, 4.69) is 63.9 Å². The third-order valence-corrected chi connectivity index (χ3v) is 9.62. The Hall–Kier alpha value is -4.63. The Balaban J connectivity index is 1.40. The second-order valence-electron chi connectivity index (χ2n) is 13.5. The molecule has 0 bridgehead atoms. The summed E-state index contributed by atoms with van der Waals surface area (Å²) in [6.07, 6.45) is 0.626. The zero-order valence-corrected chi connectivity index (χ0v) is 31.3. The summed E-state index contributed by atoms with van der Waals surface area (Å²) < 4.78 is 7.42. The zero-order chi connectivity index (χ0) is 37.7. The Morgan fingerprint density at radius 2 is 1.51 bits per heavy atom. The highest BCUT2D eigenvalue weighted by Crippen LogP contribution is 2.33. The van der Waals surface area contributed by atoms with Crippen LogP contribution in [-0.4, -0.2) is 116 Å². The van der Waals surface area contributed by atoms with Crippen molar-refractivity contribution in [3.63, 3.8) is 0 Å². The molecule has 0 saturated carbocycles. The van der Waals surface area contributed by atoms with Gasteiger partial charge in [-0.2, -0.15) is 0 Å². The van der Waals surface area contributed by atoms with Crippen molar-refractivity contribution in [3.8, 4) is 0 Å². The van der Waals surface area contributed by atoms with E-state index in [0.717, 1.165) is 56.4 Å². The first-order valence-corrected chi connectivity index (χ1v) is 18.8. The van der Waals surface area contributed by atoms with Gasteiger partial charge in [0.05, 0.1) is 12.9 Å². The number of imidazole rings is 1. The summed E-state index contributed by atoms with van der Waals surface area (Å²) in [5.74, 6) is 0.185. The van der Waals surface area contributed by atoms with E-state index < -0.39 is 30.4 Å². The summed E-state index contributed by atoms with van der Waals surface area (Å²) in [5, 5.41) is 30.9. The molecule has 0 unspecified atom stereocenters. The van der Waals surface area contributed by atoms with Crippen LogP contribution < -0.4 is 16.0 Å². The number of aliphatic hydroxyl groups excluding tert-OH is 2. The predicted octanol–water partition coefficient (Wildman–Crippen LogP) is 3.87. The molecule has 2 aromatic carbocycles. The number of urea groups is 1. The van der Waals surface area contributed by atoms with Gasteiger partial charge in [0.25, 0.3) is 5.91 Å². The Morgan fingerprint density at radius 3 is 2.11 bits per heavy atom. The van der Waals surface area contributed by atoms with Gasteiger partial charge in [-0.25, -0.2) is 19.7 Å². The molecule has 5 N–H and O–H groups in total. The number of hydrogen-bond donors (Lipinski definition) is 5. The lowest BCUT2D eigenvalue weighted by Gasteiger charge is -2.25. The minimum Gasteiger partial charge on any atom is -0.387 e. The van der Waals surface area contributed by atoms with Crippen molar-refractivity contribution < 1.29 is 24.5 Å². The fourth-order valence-corrected chi connectivity index (χ4v) is 6.51. The van der Waals surface area contributed by atoms with E-state index in [-0.39, 0.29) is 18.5 Å². The summed E-state index contributed by atoms with van der Waals surface area (Å²) in [6, 6.07) is 20.1. The van der Waals surface area contributed by atoms with E-state index in [4.69, 9.17) is 14.7 Å². The molecule has 2 aromatic heterocycles. The number of anilines is 1. The van der Waals surface area contributed by atoms with Crippen LogP contribution in [0.15, 0.2) is 67.0 Å². The van der Waals surface area contributed by atoms with Gasteiger partial charge in [-0.05, 0) is 44.0 Å². The number of aromatic nitrogens is 4. The molecule has 14 nitrogen and oxygen atoms in total. The molecule has 53 heavy (non-hydrogen) atoms. The van der Waals surface area contributed by atoms with Gasteiger partial charge in [-0.3, -0.25) is 9.36 Å². The number of fused-ring (bicyclic) bond motifs is 1. The SMILES string of the molecule is CCCCN(CCCC)CCN(C)C(=O)NCc1nc(NCC(c2ccccc2)c2ccccc2)c2ncn([C@@H]3O[C@H](C(=O)NCC)[C@@H](O)[C@H]3O)c2n1. The molecule has 0 aliphatic carbocycles. The van der Waals surface area contributed by atoms with Crippen LogP contribution in [0.1, 0.15) is 75.6 Å². The minimum atomic E-state index is -1.46.